The molecular weight excluding hydrogens is 294 g/mol. The topological polar surface area (TPSA) is 17.1 Å². The van der Waals surface area contributed by atoms with Crippen molar-refractivity contribution in [3.63, 3.8) is 0 Å². The number of hydrogen-bond donors (Lipinski definition) is 0. The minimum absolute atomic E-state index is 0.00692. The maximum atomic E-state index is 13.2. The van der Waals surface area contributed by atoms with Crippen molar-refractivity contribution in [2.45, 2.75) is 33.1 Å². The summed E-state index contributed by atoms with van der Waals surface area (Å²) in [6, 6.07) is 14.4. The van der Waals surface area contributed by atoms with Crippen LogP contribution in [0.25, 0.3) is 5.57 Å². The first-order valence-corrected chi connectivity index (χ1v) is 7.68. The Bertz CT molecular complexity index is 693. The SMILES string of the molecule is Cc1ccc(C(=O)CCCC(=C(F)F)c2ccc(C)cc2)cc1. The normalized spacial score (nSPS) is 10.4. The molecule has 0 unspecified atom stereocenters. The molecule has 0 fully saturated rings. The molecule has 0 atom stereocenters. The van der Waals surface area contributed by atoms with Crippen molar-refractivity contribution in [3.05, 3.63) is 76.9 Å². The van der Waals surface area contributed by atoms with Gasteiger partial charge < -0.3 is 0 Å². The van der Waals surface area contributed by atoms with Gasteiger partial charge in [-0.1, -0.05) is 59.7 Å². The van der Waals surface area contributed by atoms with Gasteiger partial charge in [-0.25, -0.2) is 0 Å². The molecule has 0 radical (unpaired) electrons. The van der Waals surface area contributed by atoms with Gasteiger partial charge in [0.2, 0.25) is 0 Å². The third kappa shape index (κ3) is 4.85. The van der Waals surface area contributed by atoms with Gasteiger partial charge in [0.05, 0.1) is 0 Å². The van der Waals surface area contributed by atoms with Gasteiger partial charge in [-0.15, -0.1) is 0 Å². The molecule has 23 heavy (non-hydrogen) atoms. The lowest BCUT2D eigenvalue weighted by Crippen LogP contribution is -1.99. The molecule has 0 N–H and O–H groups in total. The van der Waals surface area contributed by atoms with E-state index in [9.17, 15) is 13.6 Å². The second-order valence-corrected chi connectivity index (χ2v) is 5.75. The first-order chi connectivity index (χ1) is 11.0. The van der Waals surface area contributed by atoms with E-state index in [-0.39, 0.29) is 24.2 Å². The summed E-state index contributed by atoms with van der Waals surface area (Å²) in [5.41, 5.74) is 3.31. The van der Waals surface area contributed by atoms with Gasteiger partial charge in [0.15, 0.2) is 5.78 Å². The van der Waals surface area contributed by atoms with E-state index in [1.807, 2.05) is 38.1 Å². The summed E-state index contributed by atoms with van der Waals surface area (Å²) in [6.07, 6.45) is -0.793. The zero-order valence-electron chi connectivity index (χ0n) is 13.4. The lowest BCUT2D eigenvalue weighted by molar-refractivity contribution is 0.0980. The maximum absolute atomic E-state index is 13.2. The van der Waals surface area contributed by atoms with Crippen LogP contribution in [0.15, 0.2) is 54.6 Å². The fraction of sp³-hybridized carbons (Fsp3) is 0.250. The molecule has 0 aromatic heterocycles. The Kier molecular flexibility index (Phi) is 5.80. The van der Waals surface area contributed by atoms with Crippen LogP contribution < -0.4 is 0 Å². The van der Waals surface area contributed by atoms with E-state index < -0.39 is 6.08 Å². The number of halogens is 2. The van der Waals surface area contributed by atoms with Crippen LogP contribution in [0.1, 0.15) is 46.3 Å². The predicted molar refractivity (Wildman–Crippen MR) is 89.7 cm³/mol. The number of carbonyl (C=O) groups is 1. The largest absolute Gasteiger partial charge is 0.294 e. The predicted octanol–water partition coefficient (Wildman–Crippen LogP) is 5.96. The molecule has 1 nitrogen and oxygen atoms in total. The summed E-state index contributed by atoms with van der Waals surface area (Å²) >= 11 is 0. The van der Waals surface area contributed by atoms with Crippen molar-refractivity contribution in [3.8, 4) is 0 Å². The van der Waals surface area contributed by atoms with Gasteiger partial charge >= 0.3 is 0 Å². The Morgan fingerprint density at radius 3 is 1.74 bits per heavy atom. The van der Waals surface area contributed by atoms with E-state index in [1.165, 1.54) is 0 Å². The van der Waals surface area contributed by atoms with Gasteiger partial charge in [0, 0.05) is 17.6 Å². The van der Waals surface area contributed by atoms with E-state index in [2.05, 4.69) is 0 Å². The third-order valence-corrected chi connectivity index (χ3v) is 3.83. The summed E-state index contributed by atoms with van der Waals surface area (Å²) in [6.45, 7) is 3.87. The Balaban J connectivity index is 1.98. The van der Waals surface area contributed by atoms with E-state index in [4.69, 9.17) is 0 Å². The Hall–Kier alpha value is -2.29. The van der Waals surface area contributed by atoms with Crippen LogP contribution in [0, 0.1) is 13.8 Å². The number of aryl methyl sites for hydroxylation is 2. The van der Waals surface area contributed by atoms with Crippen LogP contribution in [0.2, 0.25) is 0 Å². The highest BCUT2D eigenvalue weighted by Crippen LogP contribution is 2.27. The van der Waals surface area contributed by atoms with E-state index >= 15 is 0 Å². The average molecular weight is 314 g/mol. The molecule has 120 valence electrons. The molecular formula is C20H20F2O. The Morgan fingerprint density at radius 2 is 1.26 bits per heavy atom. The van der Waals surface area contributed by atoms with Gasteiger partial charge in [0.1, 0.15) is 0 Å². The highest BCUT2D eigenvalue weighted by atomic mass is 19.3. The summed E-state index contributed by atoms with van der Waals surface area (Å²) in [7, 11) is 0. The number of benzene rings is 2. The summed E-state index contributed by atoms with van der Waals surface area (Å²) in [5.74, 6) is -0.00692. The summed E-state index contributed by atoms with van der Waals surface area (Å²) < 4.78 is 26.3. The first kappa shape index (κ1) is 17.1. The van der Waals surface area contributed by atoms with Gasteiger partial charge in [-0.3, -0.25) is 4.79 Å². The second kappa shape index (κ2) is 7.82. The van der Waals surface area contributed by atoms with E-state index in [0.717, 1.165) is 11.1 Å². The quantitative estimate of drug-likeness (QED) is 0.601. The average Bonchev–Trinajstić information content (AvgIpc) is 2.53. The van der Waals surface area contributed by atoms with Crippen LogP contribution in [0.4, 0.5) is 8.78 Å². The van der Waals surface area contributed by atoms with Crippen molar-refractivity contribution in [2.24, 2.45) is 0 Å². The highest BCUT2D eigenvalue weighted by Gasteiger charge is 2.11. The minimum Gasteiger partial charge on any atom is -0.294 e. The van der Waals surface area contributed by atoms with Crippen LogP contribution in [-0.4, -0.2) is 5.78 Å². The fourth-order valence-electron chi connectivity index (χ4n) is 2.41. The molecule has 0 spiro atoms. The minimum atomic E-state index is -1.67. The number of rotatable bonds is 6. The molecule has 0 bridgehead atoms. The zero-order chi connectivity index (χ0) is 16.8. The molecule has 2 rings (SSSR count). The standard InChI is InChI=1S/C20H20F2O/c1-14-6-10-16(11-7-14)18(20(21)22)4-3-5-19(23)17-12-8-15(2)9-13-17/h6-13H,3-5H2,1-2H3. The van der Waals surface area contributed by atoms with Crippen molar-refractivity contribution < 1.29 is 13.6 Å². The van der Waals surface area contributed by atoms with Crippen molar-refractivity contribution in [1.82, 2.24) is 0 Å². The Morgan fingerprint density at radius 1 is 0.783 bits per heavy atom. The van der Waals surface area contributed by atoms with E-state index in [1.54, 1.807) is 24.3 Å². The molecule has 0 aliphatic carbocycles. The second-order valence-electron chi connectivity index (χ2n) is 5.75. The molecule has 2 aromatic rings. The molecule has 0 aliphatic rings. The van der Waals surface area contributed by atoms with Gasteiger partial charge in [-0.05, 0) is 32.3 Å². The first-order valence-electron chi connectivity index (χ1n) is 7.68. The summed E-state index contributed by atoms with van der Waals surface area (Å²) in [5, 5.41) is 0. The maximum Gasteiger partial charge on any atom is 0.274 e. The van der Waals surface area contributed by atoms with Crippen LogP contribution in [0.5, 0.6) is 0 Å². The number of allylic oxidation sites excluding steroid dienone is 1. The fourth-order valence-corrected chi connectivity index (χ4v) is 2.41. The van der Waals surface area contributed by atoms with Crippen LogP contribution in [0.3, 0.4) is 0 Å². The van der Waals surface area contributed by atoms with Crippen molar-refractivity contribution >= 4 is 11.4 Å². The number of carbonyl (C=O) groups excluding carboxylic acids is 1. The number of Topliss-reactive ketones (excluding diaryl/α,β-unsaturated/α-hetero) is 1. The molecule has 0 heterocycles. The van der Waals surface area contributed by atoms with Crippen LogP contribution >= 0.6 is 0 Å². The van der Waals surface area contributed by atoms with Gasteiger partial charge in [0.25, 0.3) is 6.08 Å². The van der Waals surface area contributed by atoms with Gasteiger partial charge in [-0.2, -0.15) is 8.78 Å². The lowest BCUT2D eigenvalue weighted by atomic mass is 9.98. The molecule has 3 heteroatoms. The zero-order valence-corrected chi connectivity index (χ0v) is 13.4. The van der Waals surface area contributed by atoms with E-state index in [0.29, 0.717) is 17.5 Å². The summed E-state index contributed by atoms with van der Waals surface area (Å²) in [4.78, 5) is 12.1. The number of hydrogen-bond acceptors (Lipinski definition) is 1. The smallest absolute Gasteiger partial charge is 0.274 e. The van der Waals surface area contributed by atoms with Crippen molar-refractivity contribution in [1.29, 1.82) is 0 Å². The lowest BCUT2D eigenvalue weighted by Gasteiger charge is -2.07. The van der Waals surface area contributed by atoms with Crippen molar-refractivity contribution in [2.75, 3.05) is 0 Å². The molecule has 0 saturated heterocycles. The monoisotopic (exact) mass is 314 g/mol. The third-order valence-electron chi connectivity index (χ3n) is 3.83. The molecule has 2 aromatic carbocycles. The van der Waals surface area contributed by atoms with Crippen LogP contribution in [-0.2, 0) is 0 Å². The highest BCUT2D eigenvalue weighted by molar-refractivity contribution is 5.96. The molecule has 0 amide bonds. The molecule has 0 saturated carbocycles. The number of ketones is 1. The molecule has 0 aliphatic heterocycles. The Labute approximate surface area is 135 Å².